The zero-order valence-electron chi connectivity index (χ0n) is 8.48. The van der Waals surface area contributed by atoms with Crippen LogP contribution in [0.2, 0.25) is 0 Å². The standard InChI is InChI=1S/C10H15ClN2O/c1-3-4-8-5-7(2)13-10(14)9(8)6-12-11/h5,12H,3-4,6H2,1-2H3,(H,13,14). The maximum atomic E-state index is 11.6. The predicted octanol–water partition coefficient (Wildman–Crippen LogP) is 1.88. The van der Waals surface area contributed by atoms with Gasteiger partial charge in [-0.05, 0) is 36.8 Å². The van der Waals surface area contributed by atoms with Crippen molar-refractivity contribution in [3.8, 4) is 0 Å². The van der Waals surface area contributed by atoms with Crippen LogP contribution in [0, 0.1) is 6.92 Å². The number of hydrogen-bond acceptors (Lipinski definition) is 2. The number of nitrogens with one attached hydrogen (secondary N) is 2. The molecule has 0 aromatic carbocycles. The van der Waals surface area contributed by atoms with E-state index in [2.05, 4.69) is 16.7 Å². The summed E-state index contributed by atoms with van der Waals surface area (Å²) in [5.74, 6) is 0. The highest BCUT2D eigenvalue weighted by molar-refractivity contribution is 6.13. The third kappa shape index (κ3) is 2.59. The van der Waals surface area contributed by atoms with Gasteiger partial charge in [-0.25, -0.2) is 4.84 Å². The van der Waals surface area contributed by atoms with Crippen molar-refractivity contribution in [2.75, 3.05) is 0 Å². The summed E-state index contributed by atoms with van der Waals surface area (Å²) < 4.78 is 0. The summed E-state index contributed by atoms with van der Waals surface area (Å²) in [5, 5.41) is 0. The first-order valence-corrected chi connectivity index (χ1v) is 5.12. The van der Waals surface area contributed by atoms with Crippen LogP contribution in [-0.2, 0) is 13.0 Å². The van der Waals surface area contributed by atoms with Crippen molar-refractivity contribution in [3.63, 3.8) is 0 Å². The second kappa shape index (κ2) is 5.17. The van der Waals surface area contributed by atoms with E-state index in [1.165, 1.54) is 0 Å². The lowest BCUT2D eigenvalue weighted by atomic mass is 10.0. The zero-order chi connectivity index (χ0) is 10.6. The fourth-order valence-corrected chi connectivity index (χ4v) is 1.67. The van der Waals surface area contributed by atoms with Crippen molar-refractivity contribution in [2.45, 2.75) is 33.2 Å². The number of aromatic amines is 1. The third-order valence-electron chi connectivity index (χ3n) is 2.13. The van der Waals surface area contributed by atoms with E-state index in [-0.39, 0.29) is 5.56 Å². The molecule has 3 nitrogen and oxygen atoms in total. The number of rotatable bonds is 4. The summed E-state index contributed by atoms with van der Waals surface area (Å²) in [6.45, 7) is 4.39. The number of aryl methyl sites for hydroxylation is 2. The van der Waals surface area contributed by atoms with Gasteiger partial charge >= 0.3 is 0 Å². The molecule has 4 heteroatoms. The molecule has 0 radical (unpaired) electrons. The number of pyridine rings is 1. The van der Waals surface area contributed by atoms with Crippen LogP contribution in [0.15, 0.2) is 10.9 Å². The van der Waals surface area contributed by atoms with E-state index >= 15 is 0 Å². The minimum Gasteiger partial charge on any atom is -0.326 e. The molecule has 14 heavy (non-hydrogen) atoms. The SMILES string of the molecule is CCCc1cc(C)[nH]c(=O)c1CNCl. The molecule has 1 heterocycles. The zero-order valence-corrected chi connectivity index (χ0v) is 9.24. The molecule has 1 aromatic rings. The lowest BCUT2D eigenvalue weighted by Crippen LogP contribution is -2.20. The van der Waals surface area contributed by atoms with Gasteiger partial charge in [-0.15, -0.1) is 0 Å². The second-order valence-corrected chi connectivity index (χ2v) is 3.61. The molecule has 0 spiro atoms. The molecule has 0 atom stereocenters. The van der Waals surface area contributed by atoms with E-state index in [4.69, 9.17) is 11.8 Å². The van der Waals surface area contributed by atoms with Crippen LogP contribution in [0.3, 0.4) is 0 Å². The Hall–Kier alpha value is -0.800. The summed E-state index contributed by atoms with van der Waals surface area (Å²) in [6, 6.07) is 2.01. The van der Waals surface area contributed by atoms with E-state index in [1.54, 1.807) is 0 Å². The second-order valence-electron chi connectivity index (χ2n) is 3.35. The fourth-order valence-electron chi connectivity index (χ4n) is 1.54. The molecular formula is C10H15ClN2O. The molecule has 0 aliphatic rings. The Morgan fingerprint density at radius 3 is 2.86 bits per heavy atom. The van der Waals surface area contributed by atoms with Gasteiger partial charge in [0.05, 0.1) is 0 Å². The largest absolute Gasteiger partial charge is 0.326 e. The molecule has 0 amide bonds. The van der Waals surface area contributed by atoms with Gasteiger partial charge in [-0.1, -0.05) is 13.3 Å². The van der Waals surface area contributed by atoms with Crippen molar-refractivity contribution in [2.24, 2.45) is 0 Å². The Morgan fingerprint density at radius 1 is 1.57 bits per heavy atom. The molecule has 0 unspecified atom stereocenters. The highest BCUT2D eigenvalue weighted by atomic mass is 35.5. The summed E-state index contributed by atoms with van der Waals surface area (Å²) in [6.07, 6.45) is 1.94. The highest BCUT2D eigenvalue weighted by Crippen LogP contribution is 2.08. The molecule has 78 valence electrons. The molecule has 0 fully saturated rings. The molecule has 0 aliphatic carbocycles. The predicted molar refractivity (Wildman–Crippen MR) is 58.5 cm³/mol. The quantitative estimate of drug-likeness (QED) is 0.752. The lowest BCUT2D eigenvalue weighted by molar-refractivity contribution is 0.847. The van der Waals surface area contributed by atoms with E-state index in [1.807, 2.05) is 13.0 Å². The maximum absolute atomic E-state index is 11.6. The summed E-state index contributed by atoms with van der Waals surface area (Å²) in [7, 11) is 0. The van der Waals surface area contributed by atoms with Crippen LogP contribution in [0.25, 0.3) is 0 Å². The smallest absolute Gasteiger partial charge is 0.252 e. The van der Waals surface area contributed by atoms with E-state index in [0.717, 1.165) is 29.7 Å². The van der Waals surface area contributed by atoms with Gasteiger partial charge in [0.25, 0.3) is 5.56 Å². The van der Waals surface area contributed by atoms with Crippen molar-refractivity contribution >= 4 is 11.8 Å². The van der Waals surface area contributed by atoms with Crippen LogP contribution in [-0.4, -0.2) is 4.98 Å². The molecule has 0 saturated carbocycles. The minimum atomic E-state index is -0.0402. The van der Waals surface area contributed by atoms with Crippen molar-refractivity contribution in [1.82, 2.24) is 9.82 Å². The van der Waals surface area contributed by atoms with Gasteiger partial charge in [-0.3, -0.25) is 4.79 Å². The highest BCUT2D eigenvalue weighted by Gasteiger charge is 2.06. The van der Waals surface area contributed by atoms with E-state index in [0.29, 0.717) is 6.54 Å². The van der Waals surface area contributed by atoms with Crippen molar-refractivity contribution in [3.05, 3.63) is 33.2 Å². The van der Waals surface area contributed by atoms with Crippen LogP contribution < -0.4 is 10.4 Å². The van der Waals surface area contributed by atoms with Gasteiger partial charge in [0.15, 0.2) is 0 Å². The first-order valence-electron chi connectivity index (χ1n) is 4.74. The minimum absolute atomic E-state index is 0.0402. The van der Waals surface area contributed by atoms with E-state index < -0.39 is 0 Å². The Morgan fingerprint density at radius 2 is 2.29 bits per heavy atom. The molecule has 0 bridgehead atoms. The van der Waals surface area contributed by atoms with Crippen molar-refractivity contribution in [1.29, 1.82) is 0 Å². The Balaban J connectivity index is 3.14. The number of hydrogen-bond donors (Lipinski definition) is 2. The molecule has 1 aromatic heterocycles. The average Bonchev–Trinajstić information content (AvgIpc) is 2.11. The molecule has 0 saturated heterocycles. The maximum Gasteiger partial charge on any atom is 0.252 e. The van der Waals surface area contributed by atoms with Crippen molar-refractivity contribution < 1.29 is 0 Å². The Labute approximate surface area is 88.6 Å². The Kier molecular flexibility index (Phi) is 4.17. The van der Waals surface area contributed by atoms with Gasteiger partial charge in [0.2, 0.25) is 0 Å². The van der Waals surface area contributed by atoms with Gasteiger partial charge < -0.3 is 4.98 Å². The van der Waals surface area contributed by atoms with E-state index in [9.17, 15) is 4.79 Å². The van der Waals surface area contributed by atoms with Gasteiger partial charge in [0.1, 0.15) is 0 Å². The molecule has 1 rings (SSSR count). The number of halogens is 1. The molecule has 2 N–H and O–H groups in total. The van der Waals surface area contributed by atoms with Crippen LogP contribution >= 0.6 is 11.8 Å². The summed E-state index contributed by atoms with van der Waals surface area (Å²) in [4.78, 5) is 16.8. The first kappa shape index (κ1) is 11.3. The molecule has 0 aliphatic heterocycles. The fraction of sp³-hybridized carbons (Fsp3) is 0.500. The summed E-state index contributed by atoms with van der Waals surface area (Å²) in [5.41, 5.74) is 2.69. The normalized spacial score (nSPS) is 10.5. The lowest BCUT2D eigenvalue weighted by Gasteiger charge is -2.07. The number of H-pyrrole nitrogens is 1. The Bertz CT molecular complexity index is 360. The topological polar surface area (TPSA) is 44.9 Å². The number of aromatic nitrogens is 1. The average molecular weight is 215 g/mol. The molecular weight excluding hydrogens is 200 g/mol. The monoisotopic (exact) mass is 214 g/mol. The first-order chi connectivity index (χ1) is 6.69. The van der Waals surface area contributed by atoms with Crippen LogP contribution in [0.1, 0.15) is 30.2 Å². The van der Waals surface area contributed by atoms with Crippen LogP contribution in [0.4, 0.5) is 0 Å². The van der Waals surface area contributed by atoms with Crippen LogP contribution in [0.5, 0.6) is 0 Å². The van der Waals surface area contributed by atoms with Gasteiger partial charge in [-0.2, -0.15) is 0 Å². The summed E-state index contributed by atoms with van der Waals surface area (Å²) >= 11 is 5.42. The van der Waals surface area contributed by atoms with Gasteiger partial charge in [0, 0.05) is 17.8 Å². The third-order valence-corrected chi connectivity index (χ3v) is 2.26.